The molecule has 0 aliphatic heterocycles. The molecule has 0 fully saturated rings. The molecule has 0 unspecified atom stereocenters. The molecule has 0 aliphatic rings. The summed E-state index contributed by atoms with van der Waals surface area (Å²) in [7, 11) is 0. The van der Waals surface area contributed by atoms with Gasteiger partial charge in [0, 0.05) is 10.0 Å². The molecule has 0 saturated carbocycles. The standard InChI is InChI=1S/C11H11BrN2O2/c1-11(2,15)10-13-9(14-16-10)7-3-5-8(12)6-4-7/h3-6,15H,1-2H3. The van der Waals surface area contributed by atoms with Crippen molar-refractivity contribution >= 4 is 15.9 Å². The summed E-state index contributed by atoms with van der Waals surface area (Å²) in [5.41, 5.74) is -0.261. The third-order valence-corrected chi connectivity index (χ3v) is 2.58. The molecule has 1 aromatic carbocycles. The molecular formula is C11H11BrN2O2. The molecule has 1 N–H and O–H groups in total. The first-order valence-corrected chi connectivity index (χ1v) is 5.58. The second-order valence-electron chi connectivity index (χ2n) is 3.99. The van der Waals surface area contributed by atoms with E-state index in [0.717, 1.165) is 10.0 Å². The van der Waals surface area contributed by atoms with Gasteiger partial charge in [0.25, 0.3) is 5.89 Å². The minimum atomic E-state index is -1.11. The quantitative estimate of drug-likeness (QED) is 0.920. The third-order valence-electron chi connectivity index (χ3n) is 2.05. The number of benzene rings is 1. The van der Waals surface area contributed by atoms with Crippen molar-refractivity contribution in [2.75, 3.05) is 0 Å². The van der Waals surface area contributed by atoms with Gasteiger partial charge in [-0.15, -0.1) is 0 Å². The van der Waals surface area contributed by atoms with Crippen LogP contribution in [0.5, 0.6) is 0 Å². The molecule has 0 amide bonds. The minimum absolute atomic E-state index is 0.213. The first-order chi connectivity index (χ1) is 7.47. The van der Waals surface area contributed by atoms with Gasteiger partial charge in [-0.3, -0.25) is 0 Å². The third kappa shape index (κ3) is 2.31. The highest BCUT2D eigenvalue weighted by molar-refractivity contribution is 9.10. The Bertz CT molecular complexity index is 485. The van der Waals surface area contributed by atoms with E-state index in [-0.39, 0.29) is 5.89 Å². The molecule has 4 nitrogen and oxygen atoms in total. The van der Waals surface area contributed by atoms with E-state index in [4.69, 9.17) is 4.52 Å². The molecule has 1 heterocycles. The maximum Gasteiger partial charge on any atom is 0.258 e. The van der Waals surface area contributed by atoms with Crippen LogP contribution in [-0.4, -0.2) is 15.2 Å². The molecule has 2 aromatic rings. The van der Waals surface area contributed by atoms with Crippen LogP contribution in [0.1, 0.15) is 19.7 Å². The smallest absolute Gasteiger partial charge is 0.258 e. The van der Waals surface area contributed by atoms with Crippen molar-refractivity contribution in [2.45, 2.75) is 19.4 Å². The van der Waals surface area contributed by atoms with Crippen LogP contribution in [0, 0.1) is 0 Å². The predicted molar refractivity (Wildman–Crippen MR) is 62.7 cm³/mol. The second-order valence-corrected chi connectivity index (χ2v) is 4.90. The van der Waals surface area contributed by atoms with Crippen molar-refractivity contribution in [3.05, 3.63) is 34.6 Å². The summed E-state index contributed by atoms with van der Waals surface area (Å²) < 4.78 is 5.98. The Balaban J connectivity index is 2.35. The molecule has 0 radical (unpaired) electrons. The first-order valence-electron chi connectivity index (χ1n) is 4.79. The Morgan fingerprint density at radius 3 is 2.38 bits per heavy atom. The van der Waals surface area contributed by atoms with Crippen LogP contribution >= 0.6 is 15.9 Å². The molecule has 0 aliphatic carbocycles. The fourth-order valence-corrected chi connectivity index (χ4v) is 1.45. The number of aliphatic hydroxyl groups is 1. The summed E-state index contributed by atoms with van der Waals surface area (Å²) in [5.74, 6) is 0.690. The van der Waals surface area contributed by atoms with Gasteiger partial charge >= 0.3 is 0 Å². The number of rotatable bonds is 2. The van der Waals surface area contributed by atoms with E-state index in [1.807, 2.05) is 24.3 Å². The Morgan fingerprint density at radius 1 is 1.25 bits per heavy atom. The number of hydrogen-bond acceptors (Lipinski definition) is 4. The van der Waals surface area contributed by atoms with Crippen LogP contribution < -0.4 is 0 Å². The highest BCUT2D eigenvalue weighted by atomic mass is 79.9. The average molecular weight is 283 g/mol. The molecular weight excluding hydrogens is 272 g/mol. The van der Waals surface area contributed by atoms with E-state index in [9.17, 15) is 5.11 Å². The van der Waals surface area contributed by atoms with Crippen LogP contribution in [0.15, 0.2) is 33.3 Å². The lowest BCUT2D eigenvalue weighted by Crippen LogP contribution is -2.15. The lowest BCUT2D eigenvalue weighted by Gasteiger charge is -2.09. The molecule has 1 aromatic heterocycles. The topological polar surface area (TPSA) is 59.2 Å². The van der Waals surface area contributed by atoms with E-state index in [1.54, 1.807) is 13.8 Å². The van der Waals surface area contributed by atoms with Crippen LogP contribution in [0.25, 0.3) is 11.4 Å². The largest absolute Gasteiger partial charge is 0.381 e. The van der Waals surface area contributed by atoms with Gasteiger partial charge in [-0.05, 0) is 38.1 Å². The van der Waals surface area contributed by atoms with Gasteiger partial charge in [-0.1, -0.05) is 21.1 Å². The Labute approximate surface area is 101 Å². The predicted octanol–water partition coefficient (Wildman–Crippen LogP) is 2.73. The Morgan fingerprint density at radius 2 is 1.88 bits per heavy atom. The maximum atomic E-state index is 9.69. The van der Waals surface area contributed by atoms with Gasteiger partial charge in [0.2, 0.25) is 5.82 Å². The van der Waals surface area contributed by atoms with E-state index < -0.39 is 5.60 Å². The first kappa shape index (κ1) is 11.3. The second kappa shape index (κ2) is 3.99. The molecule has 0 spiro atoms. The van der Waals surface area contributed by atoms with Crippen molar-refractivity contribution in [1.29, 1.82) is 0 Å². The molecule has 16 heavy (non-hydrogen) atoms. The fourth-order valence-electron chi connectivity index (χ4n) is 1.19. The van der Waals surface area contributed by atoms with Crippen molar-refractivity contribution in [3.8, 4) is 11.4 Å². The summed E-state index contributed by atoms with van der Waals surface area (Å²) in [4.78, 5) is 4.14. The number of halogens is 1. The molecule has 0 atom stereocenters. The van der Waals surface area contributed by atoms with Crippen LogP contribution in [0.3, 0.4) is 0 Å². The number of nitrogens with zero attached hydrogens (tertiary/aromatic N) is 2. The molecule has 0 saturated heterocycles. The van der Waals surface area contributed by atoms with E-state index >= 15 is 0 Å². The van der Waals surface area contributed by atoms with Gasteiger partial charge in [-0.25, -0.2) is 0 Å². The lowest BCUT2D eigenvalue weighted by molar-refractivity contribution is 0.0420. The van der Waals surface area contributed by atoms with E-state index in [2.05, 4.69) is 26.1 Å². The zero-order valence-corrected chi connectivity index (χ0v) is 10.5. The number of hydrogen-bond donors (Lipinski definition) is 1. The van der Waals surface area contributed by atoms with Crippen LogP contribution in [0.2, 0.25) is 0 Å². The zero-order chi connectivity index (χ0) is 11.8. The summed E-state index contributed by atoms with van der Waals surface area (Å²) in [6, 6.07) is 7.55. The Kier molecular flexibility index (Phi) is 2.82. The van der Waals surface area contributed by atoms with Crippen molar-refractivity contribution in [1.82, 2.24) is 10.1 Å². The molecule has 0 bridgehead atoms. The highest BCUT2D eigenvalue weighted by Gasteiger charge is 2.24. The van der Waals surface area contributed by atoms with Gasteiger partial charge < -0.3 is 9.63 Å². The minimum Gasteiger partial charge on any atom is -0.381 e. The maximum absolute atomic E-state index is 9.69. The van der Waals surface area contributed by atoms with Gasteiger partial charge in [0.1, 0.15) is 5.60 Å². The van der Waals surface area contributed by atoms with Crippen molar-refractivity contribution in [2.24, 2.45) is 0 Å². The normalized spacial score (nSPS) is 11.8. The van der Waals surface area contributed by atoms with Gasteiger partial charge in [-0.2, -0.15) is 4.98 Å². The number of aromatic nitrogens is 2. The molecule has 2 rings (SSSR count). The van der Waals surface area contributed by atoms with Crippen LogP contribution in [-0.2, 0) is 5.60 Å². The van der Waals surface area contributed by atoms with Gasteiger partial charge in [0.05, 0.1) is 0 Å². The van der Waals surface area contributed by atoms with E-state index in [0.29, 0.717) is 5.82 Å². The average Bonchev–Trinajstić information content (AvgIpc) is 2.67. The fraction of sp³-hybridized carbons (Fsp3) is 0.273. The molecule has 5 heteroatoms. The van der Waals surface area contributed by atoms with Crippen molar-refractivity contribution in [3.63, 3.8) is 0 Å². The Hall–Kier alpha value is -1.20. The van der Waals surface area contributed by atoms with Gasteiger partial charge in [0.15, 0.2) is 0 Å². The zero-order valence-electron chi connectivity index (χ0n) is 8.94. The highest BCUT2D eigenvalue weighted by Crippen LogP contribution is 2.23. The molecule has 84 valence electrons. The van der Waals surface area contributed by atoms with Crippen LogP contribution in [0.4, 0.5) is 0 Å². The monoisotopic (exact) mass is 282 g/mol. The lowest BCUT2D eigenvalue weighted by atomic mass is 10.1. The SMILES string of the molecule is CC(C)(O)c1nc(-c2ccc(Br)cc2)no1. The summed E-state index contributed by atoms with van der Waals surface area (Å²) in [5, 5.41) is 13.5. The summed E-state index contributed by atoms with van der Waals surface area (Å²) in [6.07, 6.45) is 0. The van der Waals surface area contributed by atoms with E-state index in [1.165, 1.54) is 0 Å². The van der Waals surface area contributed by atoms with Crippen molar-refractivity contribution < 1.29 is 9.63 Å². The summed E-state index contributed by atoms with van der Waals surface area (Å²) in [6.45, 7) is 3.21. The summed E-state index contributed by atoms with van der Waals surface area (Å²) >= 11 is 3.35.